The quantitative estimate of drug-likeness (QED) is 0.343. The van der Waals surface area contributed by atoms with E-state index in [0.29, 0.717) is 26.2 Å². The van der Waals surface area contributed by atoms with Crippen molar-refractivity contribution in [3.05, 3.63) is 93.5 Å². The fourth-order valence-electron chi connectivity index (χ4n) is 4.67. The highest BCUT2D eigenvalue weighted by molar-refractivity contribution is 7.89. The number of esters is 1. The molecular formula is C30H35ClN2O4S. The van der Waals surface area contributed by atoms with Gasteiger partial charge in [0.05, 0.1) is 15.5 Å². The Kier molecular flexibility index (Phi) is 8.21. The summed E-state index contributed by atoms with van der Waals surface area (Å²) in [6, 6.07) is 18.4. The van der Waals surface area contributed by atoms with Crippen molar-refractivity contribution in [2.75, 3.05) is 31.1 Å². The second-order valence-electron chi connectivity index (χ2n) is 10.8. The molecule has 0 saturated carbocycles. The van der Waals surface area contributed by atoms with Crippen molar-refractivity contribution in [2.45, 2.75) is 51.5 Å². The van der Waals surface area contributed by atoms with Gasteiger partial charge in [-0.25, -0.2) is 13.2 Å². The predicted octanol–water partition coefficient (Wildman–Crippen LogP) is 6.12. The molecule has 6 nitrogen and oxygen atoms in total. The summed E-state index contributed by atoms with van der Waals surface area (Å²) in [5, 5.41) is 0.152. The molecule has 0 amide bonds. The molecule has 0 atom stereocenters. The van der Waals surface area contributed by atoms with E-state index in [9.17, 15) is 13.2 Å². The van der Waals surface area contributed by atoms with E-state index in [1.807, 2.05) is 44.2 Å². The van der Waals surface area contributed by atoms with Crippen LogP contribution in [0, 0.1) is 13.8 Å². The Balaban J connectivity index is 1.47. The number of nitrogens with zero attached hydrogens (tertiary/aromatic N) is 2. The molecule has 1 aliphatic rings. The van der Waals surface area contributed by atoms with Crippen LogP contribution in [0.1, 0.15) is 53.4 Å². The van der Waals surface area contributed by atoms with Crippen molar-refractivity contribution < 1.29 is 17.9 Å². The fraction of sp³-hybridized carbons (Fsp3) is 0.367. The maximum Gasteiger partial charge on any atom is 0.340 e. The zero-order chi connectivity index (χ0) is 27.7. The first-order valence-electron chi connectivity index (χ1n) is 12.8. The Morgan fingerprint density at radius 2 is 1.53 bits per heavy atom. The monoisotopic (exact) mass is 554 g/mol. The minimum Gasteiger partial charge on any atom is -0.457 e. The Labute approximate surface area is 231 Å². The van der Waals surface area contributed by atoms with Gasteiger partial charge in [0, 0.05) is 31.9 Å². The predicted molar refractivity (Wildman–Crippen MR) is 153 cm³/mol. The van der Waals surface area contributed by atoms with Crippen LogP contribution in [-0.2, 0) is 26.8 Å². The molecule has 1 saturated heterocycles. The van der Waals surface area contributed by atoms with Gasteiger partial charge in [0.25, 0.3) is 0 Å². The Morgan fingerprint density at radius 1 is 0.921 bits per heavy atom. The van der Waals surface area contributed by atoms with Crippen LogP contribution in [0.4, 0.5) is 5.69 Å². The Bertz CT molecular complexity index is 1400. The van der Waals surface area contributed by atoms with Crippen LogP contribution in [-0.4, -0.2) is 44.9 Å². The molecule has 1 fully saturated rings. The average molecular weight is 555 g/mol. The number of rotatable bonds is 6. The number of piperazine rings is 1. The van der Waals surface area contributed by atoms with Gasteiger partial charge < -0.3 is 9.64 Å². The Morgan fingerprint density at radius 3 is 2.11 bits per heavy atom. The van der Waals surface area contributed by atoms with E-state index >= 15 is 0 Å². The summed E-state index contributed by atoms with van der Waals surface area (Å²) in [5.41, 5.74) is 5.35. The van der Waals surface area contributed by atoms with Crippen molar-refractivity contribution in [2.24, 2.45) is 0 Å². The summed E-state index contributed by atoms with van der Waals surface area (Å²) >= 11 is 6.31. The molecule has 3 aromatic carbocycles. The highest BCUT2D eigenvalue weighted by Gasteiger charge is 2.30. The zero-order valence-electron chi connectivity index (χ0n) is 22.6. The summed E-state index contributed by atoms with van der Waals surface area (Å²) in [5.74, 6) is -0.653. The molecule has 1 aliphatic heterocycles. The van der Waals surface area contributed by atoms with E-state index in [0.717, 1.165) is 22.4 Å². The van der Waals surface area contributed by atoms with Gasteiger partial charge in [-0.3, -0.25) is 0 Å². The lowest BCUT2D eigenvalue weighted by atomic mass is 9.84. The summed E-state index contributed by atoms with van der Waals surface area (Å²) in [6.07, 6.45) is 0. The molecule has 4 rings (SSSR count). The average Bonchev–Trinajstić information content (AvgIpc) is 2.88. The standard InChI is InChI=1S/C30H35ClN2O4S/c1-21-17-23(30(3,4)5)18-22(2)27(21)20-37-29(34)26-19-25(11-12-28(26)31)38(35,36)33-15-13-32(14-16-33)24-9-7-6-8-10-24/h6-12,17-19H,13-16,20H2,1-5H3. The molecule has 8 heteroatoms. The van der Waals surface area contributed by atoms with E-state index < -0.39 is 16.0 Å². The fourth-order valence-corrected chi connectivity index (χ4v) is 6.31. The molecule has 1 heterocycles. The van der Waals surface area contributed by atoms with Gasteiger partial charge in [-0.2, -0.15) is 4.31 Å². The summed E-state index contributed by atoms with van der Waals surface area (Å²) < 4.78 is 33.9. The normalized spacial score (nSPS) is 14.9. The van der Waals surface area contributed by atoms with Gasteiger partial charge in [0.1, 0.15) is 6.61 Å². The number of hydrogen-bond donors (Lipinski definition) is 0. The third-order valence-electron chi connectivity index (χ3n) is 7.07. The number of para-hydroxylation sites is 1. The van der Waals surface area contributed by atoms with Crippen LogP contribution >= 0.6 is 11.6 Å². The van der Waals surface area contributed by atoms with Gasteiger partial charge >= 0.3 is 5.97 Å². The lowest BCUT2D eigenvalue weighted by molar-refractivity contribution is 0.0471. The third kappa shape index (κ3) is 6.06. The molecule has 202 valence electrons. The van der Waals surface area contributed by atoms with Crippen molar-refractivity contribution in [1.29, 1.82) is 0 Å². The highest BCUT2D eigenvalue weighted by atomic mass is 35.5. The minimum absolute atomic E-state index is 0.0123. The van der Waals surface area contributed by atoms with Gasteiger partial charge in [0.2, 0.25) is 10.0 Å². The molecule has 38 heavy (non-hydrogen) atoms. The maximum atomic E-state index is 13.4. The van der Waals surface area contributed by atoms with Gasteiger partial charge in [-0.1, -0.05) is 62.7 Å². The molecule has 0 unspecified atom stereocenters. The number of benzene rings is 3. The lowest BCUT2D eigenvalue weighted by Crippen LogP contribution is -2.48. The second-order valence-corrected chi connectivity index (χ2v) is 13.1. The van der Waals surface area contributed by atoms with Gasteiger partial charge in [0.15, 0.2) is 0 Å². The SMILES string of the molecule is Cc1cc(C(C)(C)C)cc(C)c1COC(=O)c1cc(S(=O)(=O)N2CCN(c3ccccc3)CC2)ccc1Cl. The number of aryl methyl sites for hydroxylation is 2. The van der Waals surface area contributed by atoms with Crippen LogP contribution in [0.25, 0.3) is 0 Å². The molecular weight excluding hydrogens is 520 g/mol. The van der Waals surface area contributed by atoms with Crippen LogP contribution in [0.3, 0.4) is 0 Å². The molecule has 0 radical (unpaired) electrons. The smallest absolute Gasteiger partial charge is 0.340 e. The van der Waals surface area contributed by atoms with Crippen molar-refractivity contribution in [3.8, 4) is 0 Å². The van der Waals surface area contributed by atoms with E-state index in [4.69, 9.17) is 16.3 Å². The first kappa shape index (κ1) is 28.1. The van der Waals surface area contributed by atoms with Crippen molar-refractivity contribution in [3.63, 3.8) is 0 Å². The summed E-state index contributed by atoms with van der Waals surface area (Å²) in [4.78, 5) is 15.2. The van der Waals surface area contributed by atoms with Crippen molar-refractivity contribution in [1.82, 2.24) is 4.31 Å². The zero-order valence-corrected chi connectivity index (χ0v) is 24.2. The molecule has 0 N–H and O–H groups in total. The third-order valence-corrected chi connectivity index (χ3v) is 9.29. The molecule has 3 aromatic rings. The Hall–Kier alpha value is -2.87. The minimum atomic E-state index is -3.80. The number of carbonyl (C=O) groups is 1. The van der Waals surface area contributed by atoms with E-state index in [1.54, 1.807) is 0 Å². The number of ether oxygens (including phenoxy) is 1. The molecule has 0 aliphatic carbocycles. The van der Waals surface area contributed by atoms with Gasteiger partial charge in [-0.05, 0) is 71.8 Å². The lowest BCUT2D eigenvalue weighted by Gasteiger charge is -2.35. The summed E-state index contributed by atoms with van der Waals surface area (Å²) in [7, 11) is -3.80. The number of halogens is 1. The van der Waals surface area contributed by atoms with Crippen LogP contribution < -0.4 is 4.90 Å². The molecule has 0 bridgehead atoms. The first-order chi connectivity index (χ1) is 17.9. The number of sulfonamides is 1. The topological polar surface area (TPSA) is 66.9 Å². The molecule has 0 spiro atoms. The van der Waals surface area contributed by atoms with Gasteiger partial charge in [-0.15, -0.1) is 0 Å². The number of hydrogen-bond acceptors (Lipinski definition) is 5. The largest absolute Gasteiger partial charge is 0.457 e. The number of carbonyl (C=O) groups excluding carboxylic acids is 1. The highest BCUT2D eigenvalue weighted by Crippen LogP contribution is 2.29. The van der Waals surface area contributed by atoms with E-state index in [1.165, 1.54) is 28.1 Å². The number of anilines is 1. The second kappa shape index (κ2) is 11.1. The maximum absolute atomic E-state index is 13.4. The van der Waals surface area contributed by atoms with Crippen LogP contribution in [0.5, 0.6) is 0 Å². The first-order valence-corrected chi connectivity index (χ1v) is 14.6. The molecule has 0 aromatic heterocycles. The summed E-state index contributed by atoms with van der Waals surface area (Å²) in [6.45, 7) is 12.4. The van der Waals surface area contributed by atoms with E-state index in [2.05, 4.69) is 37.8 Å². The van der Waals surface area contributed by atoms with E-state index in [-0.39, 0.29) is 27.5 Å². The van der Waals surface area contributed by atoms with Crippen LogP contribution in [0.15, 0.2) is 65.6 Å². The van der Waals surface area contributed by atoms with Crippen LogP contribution in [0.2, 0.25) is 5.02 Å². The van der Waals surface area contributed by atoms with Crippen molar-refractivity contribution >= 4 is 33.3 Å².